The number of nitriles is 3. The standard InChI is InChI=1S/C14H7N5O2S2/c15-4-8(5-16)11(6-17)18-9-1-2-10-12(3-9)23-14(19-10)22-7-13(20)21/h1-3,18H,7H2,(H,20,21). The van der Waals surface area contributed by atoms with Gasteiger partial charge < -0.3 is 10.4 Å². The van der Waals surface area contributed by atoms with Crippen LogP contribution in [0.1, 0.15) is 0 Å². The molecule has 0 radical (unpaired) electrons. The van der Waals surface area contributed by atoms with Crippen molar-refractivity contribution in [2.24, 2.45) is 0 Å². The summed E-state index contributed by atoms with van der Waals surface area (Å²) in [5, 5.41) is 38.0. The zero-order chi connectivity index (χ0) is 16.8. The summed E-state index contributed by atoms with van der Waals surface area (Å²) < 4.78 is 1.43. The smallest absolute Gasteiger partial charge is 0.313 e. The minimum atomic E-state index is -0.916. The second-order valence-corrected chi connectivity index (χ2v) is 6.31. The van der Waals surface area contributed by atoms with Gasteiger partial charge in [0.05, 0.1) is 16.0 Å². The molecule has 1 heterocycles. The van der Waals surface area contributed by atoms with Crippen LogP contribution >= 0.6 is 23.1 Å². The highest BCUT2D eigenvalue weighted by Crippen LogP contribution is 2.31. The van der Waals surface area contributed by atoms with E-state index in [2.05, 4.69) is 10.3 Å². The highest BCUT2D eigenvalue weighted by atomic mass is 32.2. The third-order valence-electron chi connectivity index (χ3n) is 2.54. The van der Waals surface area contributed by atoms with Crippen LogP contribution in [0.3, 0.4) is 0 Å². The zero-order valence-electron chi connectivity index (χ0n) is 11.4. The van der Waals surface area contributed by atoms with Gasteiger partial charge >= 0.3 is 5.97 Å². The van der Waals surface area contributed by atoms with Crippen molar-refractivity contribution in [2.75, 3.05) is 11.1 Å². The molecule has 0 amide bonds. The number of aliphatic carboxylic acids is 1. The van der Waals surface area contributed by atoms with Gasteiger partial charge in [-0.3, -0.25) is 4.79 Å². The van der Waals surface area contributed by atoms with Crippen LogP contribution in [-0.4, -0.2) is 21.8 Å². The number of carbonyl (C=O) groups is 1. The summed E-state index contributed by atoms with van der Waals surface area (Å²) in [5.41, 5.74) is 0.821. The molecule has 7 nitrogen and oxygen atoms in total. The van der Waals surface area contributed by atoms with Crippen molar-refractivity contribution in [1.29, 1.82) is 15.8 Å². The number of nitrogens with zero attached hydrogens (tertiary/aromatic N) is 4. The van der Waals surface area contributed by atoms with E-state index in [-0.39, 0.29) is 17.0 Å². The number of aromatic nitrogens is 1. The number of rotatable bonds is 5. The zero-order valence-corrected chi connectivity index (χ0v) is 13.0. The van der Waals surface area contributed by atoms with Crippen LogP contribution < -0.4 is 5.32 Å². The molecular formula is C14H7N5O2S2. The van der Waals surface area contributed by atoms with E-state index in [0.717, 1.165) is 16.5 Å². The summed E-state index contributed by atoms with van der Waals surface area (Å²) in [4.78, 5) is 14.9. The lowest BCUT2D eigenvalue weighted by Gasteiger charge is -2.03. The number of allylic oxidation sites excluding steroid dienone is 2. The van der Waals surface area contributed by atoms with E-state index in [0.29, 0.717) is 15.5 Å². The van der Waals surface area contributed by atoms with E-state index in [1.54, 1.807) is 36.4 Å². The van der Waals surface area contributed by atoms with Crippen LogP contribution in [0.15, 0.2) is 33.8 Å². The molecule has 0 aliphatic heterocycles. The Balaban J connectivity index is 2.29. The average molecular weight is 341 g/mol. The van der Waals surface area contributed by atoms with Crippen molar-refractivity contribution in [3.63, 3.8) is 0 Å². The normalized spacial score (nSPS) is 9.43. The molecule has 0 fully saturated rings. The summed E-state index contributed by atoms with van der Waals surface area (Å²) in [5.74, 6) is -0.985. The molecule has 0 bridgehead atoms. The minimum Gasteiger partial charge on any atom is -0.481 e. The highest BCUT2D eigenvalue weighted by molar-refractivity contribution is 8.01. The molecule has 1 aromatic carbocycles. The van der Waals surface area contributed by atoms with Gasteiger partial charge in [-0.25, -0.2) is 4.98 Å². The van der Waals surface area contributed by atoms with Gasteiger partial charge in [0.15, 0.2) is 9.91 Å². The van der Waals surface area contributed by atoms with Crippen molar-refractivity contribution in [2.45, 2.75) is 4.34 Å². The monoisotopic (exact) mass is 341 g/mol. The summed E-state index contributed by atoms with van der Waals surface area (Å²) in [6.07, 6.45) is 0. The van der Waals surface area contributed by atoms with Gasteiger partial charge in [-0.15, -0.1) is 11.3 Å². The molecule has 0 saturated heterocycles. The number of carboxylic acid groups (broad SMARTS) is 1. The fourth-order valence-electron chi connectivity index (χ4n) is 1.59. The van der Waals surface area contributed by atoms with Crippen LogP contribution in [0, 0.1) is 34.0 Å². The van der Waals surface area contributed by atoms with Crippen LogP contribution in [0.2, 0.25) is 0 Å². The molecule has 2 rings (SSSR count). The summed E-state index contributed by atoms with van der Waals surface area (Å²) in [6, 6.07) is 10.2. The van der Waals surface area contributed by atoms with Gasteiger partial charge in [-0.05, 0) is 18.2 Å². The van der Waals surface area contributed by atoms with Gasteiger partial charge in [0.1, 0.15) is 23.9 Å². The van der Waals surface area contributed by atoms with Crippen LogP contribution in [0.5, 0.6) is 0 Å². The Bertz CT molecular complexity index is 911. The Labute approximate surface area is 139 Å². The average Bonchev–Trinajstić information content (AvgIpc) is 2.95. The Hall–Kier alpha value is -3.06. The number of nitrogens with one attached hydrogen (secondary N) is 1. The Morgan fingerprint density at radius 1 is 1.30 bits per heavy atom. The minimum absolute atomic E-state index is 0.0695. The maximum Gasteiger partial charge on any atom is 0.313 e. The van der Waals surface area contributed by atoms with Gasteiger partial charge in [-0.1, -0.05) is 11.8 Å². The first kappa shape index (κ1) is 16.3. The quantitative estimate of drug-likeness (QED) is 0.626. The van der Waals surface area contributed by atoms with Gasteiger partial charge in [0.25, 0.3) is 0 Å². The number of thiazole rings is 1. The second kappa shape index (κ2) is 7.28. The number of hydrogen-bond acceptors (Lipinski definition) is 8. The first-order valence-electron chi connectivity index (χ1n) is 6.04. The van der Waals surface area contributed by atoms with Crippen LogP contribution in [0.4, 0.5) is 5.69 Å². The van der Waals surface area contributed by atoms with Gasteiger partial charge in [0.2, 0.25) is 0 Å². The lowest BCUT2D eigenvalue weighted by atomic mass is 10.2. The molecular weight excluding hydrogens is 334 g/mol. The molecule has 0 atom stereocenters. The van der Waals surface area contributed by atoms with Crippen molar-refractivity contribution in [1.82, 2.24) is 4.98 Å². The maximum atomic E-state index is 10.6. The number of thioether (sulfide) groups is 1. The predicted octanol–water partition coefficient (Wildman–Crippen LogP) is 2.71. The number of fused-ring (bicyclic) bond motifs is 1. The molecule has 1 aromatic heterocycles. The van der Waals surface area contributed by atoms with Crippen LogP contribution in [0.25, 0.3) is 10.2 Å². The van der Waals surface area contributed by atoms with Crippen LogP contribution in [-0.2, 0) is 4.79 Å². The molecule has 0 aliphatic carbocycles. The molecule has 0 unspecified atom stereocenters. The molecule has 112 valence electrons. The Kier molecular flexibility index (Phi) is 5.16. The number of anilines is 1. The van der Waals surface area contributed by atoms with Gasteiger partial charge in [0, 0.05) is 5.69 Å². The van der Waals surface area contributed by atoms with Crippen molar-refractivity contribution < 1.29 is 9.90 Å². The van der Waals surface area contributed by atoms with E-state index in [9.17, 15) is 4.79 Å². The van der Waals surface area contributed by atoms with Gasteiger partial charge in [-0.2, -0.15) is 15.8 Å². The number of benzene rings is 1. The van der Waals surface area contributed by atoms with Crippen molar-refractivity contribution in [3.8, 4) is 18.2 Å². The van der Waals surface area contributed by atoms with E-state index in [1.165, 1.54) is 11.3 Å². The first-order chi connectivity index (χ1) is 11.1. The fraction of sp³-hybridized carbons (Fsp3) is 0.0714. The Morgan fingerprint density at radius 3 is 2.65 bits per heavy atom. The fourth-order valence-corrected chi connectivity index (χ4v) is 3.42. The maximum absolute atomic E-state index is 10.6. The Morgan fingerprint density at radius 2 is 2.04 bits per heavy atom. The topological polar surface area (TPSA) is 134 Å². The van der Waals surface area contributed by atoms with E-state index in [1.807, 2.05) is 0 Å². The van der Waals surface area contributed by atoms with E-state index in [4.69, 9.17) is 20.9 Å². The largest absolute Gasteiger partial charge is 0.481 e. The summed E-state index contributed by atoms with van der Waals surface area (Å²) in [6.45, 7) is 0. The third kappa shape index (κ3) is 3.98. The summed E-state index contributed by atoms with van der Waals surface area (Å²) >= 11 is 2.46. The predicted molar refractivity (Wildman–Crippen MR) is 85.5 cm³/mol. The molecule has 2 aromatic rings. The lowest BCUT2D eigenvalue weighted by molar-refractivity contribution is -0.133. The summed E-state index contributed by atoms with van der Waals surface area (Å²) in [7, 11) is 0. The number of carboxylic acids is 1. The second-order valence-electron chi connectivity index (χ2n) is 4.06. The van der Waals surface area contributed by atoms with Crippen molar-refractivity contribution >= 4 is 45.0 Å². The lowest BCUT2D eigenvalue weighted by Crippen LogP contribution is -2.00. The molecule has 9 heteroatoms. The number of hydrogen-bond donors (Lipinski definition) is 2. The molecule has 0 spiro atoms. The first-order valence-corrected chi connectivity index (χ1v) is 7.84. The molecule has 23 heavy (non-hydrogen) atoms. The van der Waals surface area contributed by atoms with E-state index >= 15 is 0 Å². The molecule has 2 N–H and O–H groups in total. The van der Waals surface area contributed by atoms with Crippen molar-refractivity contribution in [3.05, 3.63) is 29.5 Å². The van der Waals surface area contributed by atoms with E-state index < -0.39 is 5.97 Å². The molecule has 0 saturated carbocycles. The third-order valence-corrected chi connectivity index (χ3v) is 4.69. The molecule has 0 aliphatic rings. The highest BCUT2D eigenvalue weighted by Gasteiger charge is 2.10. The SMILES string of the molecule is N#CC(C#N)=C(C#N)Nc1ccc2nc(SCC(=O)O)sc2c1.